The van der Waals surface area contributed by atoms with Gasteiger partial charge in [-0.05, 0) is 82.5 Å². The van der Waals surface area contributed by atoms with Crippen molar-refractivity contribution in [3.63, 3.8) is 0 Å². The van der Waals surface area contributed by atoms with E-state index >= 15 is 0 Å². The summed E-state index contributed by atoms with van der Waals surface area (Å²) in [5, 5.41) is 2.90. The molecule has 4 heterocycles. The fourth-order valence-electron chi connectivity index (χ4n) is 6.01. The van der Waals surface area contributed by atoms with E-state index in [4.69, 9.17) is 0 Å². The predicted molar refractivity (Wildman–Crippen MR) is 112 cm³/mol. The van der Waals surface area contributed by atoms with Crippen LogP contribution in [0.15, 0.2) is 24.5 Å². The molecule has 1 aromatic heterocycles. The van der Waals surface area contributed by atoms with Gasteiger partial charge in [0.05, 0.1) is 5.56 Å². The minimum absolute atomic E-state index is 0.113. The minimum Gasteiger partial charge on any atom is -0.356 e. The van der Waals surface area contributed by atoms with Gasteiger partial charge in [-0.25, -0.2) is 0 Å². The van der Waals surface area contributed by atoms with E-state index in [2.05, 4.69) is 20.1 Å². The highest BCUT2D eigenvalue weighted by atomic mass is 16.2. The standard InChI is InChI=1S/C23H34N4O2/c1-2-25-21(28)11-3-10-20-19-9-6-14-26-13-5-8-18(22(19)26)16-27(20)23(29)17-7-4-12-24-15-17/h4,7,12,15,18-20,22H,2-3,5-6,8-11,13-14,16H2,1H3,(H,25,28)/t18-,19+,20+,22-/m0/s1. The number of piperidine rings is 3. The van der Waals surface area contributed by atoms with Crippen molar-refractivity contribution in [3.05, 3.63) is 30.1 Å². The molecule has 29 heavy (non-hydrogen) atoms. The smallest absolute Gasteiger partial charge is 0.255 e. The lowest BCUT2D eigenvalue weighted by Crippen LogP contribution is -2.65. The van der Waals surface area contributed by atoms with Crippen molar-refractivity contribution in [2.75, 3.05) is 26.2 Å². The fraction of sp³-hybridized carbons (Fsp3) is 0.696. The Kier molecular flexibility index (Phi) is 6.48. The van der Waals surface area contributed by atoms with Crippen molar-refractivity contribution in [1.82, 2.24) is 20.1 Å². The molecule has 0 bridgehead atoms. The van der Waals surface area contributed by atoms with Crippen LogP contribution in [0.3, 0.4) is 0 Å². The average molecular weight is 399 g/mol. The molecule has 0 radical (unpaired) electrons. The topological polar surface area (TPSA) is 65.5 Å². The van der Waals surface area contributed by atoms with Crippen LogP contribution in [0.2, 0.25) is 0 Å². The molecular weight excluding hydrogens is 364 g/mol. The third-order valence-corrected chi connectivity index (χ3v) is 7.12. The first-order valence-electron chi connectivity index (χ1n) is 11.4. The number of likely N-dealkylation sites (tertiary alicyclic amines) is 1. The molecule has 6 heteroatoms. The normalized spacial score (nSPS) is 29.2. The van der Waals surface area contributed by atoms with Crippen molar-refractivity contribution in [1.29, 1.82) is 0 Å². The number of aromatic nitrogens is 1. The zero-order chi connectivity index (χ0) is 20.2. The molecule has 0 aromatic carbocycles. The molecule has 3 aliphatic heterocycles. The number of carbonyl (C=O) groups is 2. The van der Waals surface area contributed by atoms with E-state index in [1.807, 2.05) is 19.1 Å². The van der Waals surface area contributed by atoms with Gasteiger partial charge in [0.25, 0.3) is 5.91 Å². The Balaban J connectivity index is 1.55. The second-order valence-electron chi connectivity index (χ2n) is 8.85. The summed E-state index contributed by atoms with van der Waals surface area (Å²) in [7, 11) is 0. The van der Waals surface area contributed by atoms with Crippen LogP contribution in [0.5, 0.6) is 0 Å². The summed E-state index contributed by atoms with van der Waals surface area (Å²) in [6, 6.07) is 4.55. The highest BCUT2D eigenvalue weighted by Gasteiger charge is 2.49. The number of rotatable bonds is 6. The maximum Gasteiger partial charge on any atom is 0.255 e. The van der Waals surface area contributed by atoms with Crippen LogP contribution < -0.4 is 5.32 Å². The first kappa shape index (κ1) is 20.3. The summed E-state index contributed by atoms with van der Waals surface area (Å²) in [5.41, 5.74) is 0.683. The second kappa shape index (κ2) is 9.24. The average Bonchev–Trinajstić information content (AvgIpc) is 2.75. The number of amides is 2. The molecule has 0 spiro atoms. The van der Waals surface area contributed by atoms with Gasteiger partial charge in [0.15, 0.2) is 0 Å². The van der Waals surface area contributed by atoms with Gasteiger partial charge in [-0.15, -0.1) is 0 Å². The van der Waals surface area contributed by atoms with Gasteiger partial charge in [-0.3, -0.25) is 19.5 Å². The molecule has 1 N–H and O–H groups in total. The van der Waals surface area contributed by atoms with Crippen molar-refractivity contribution >= 4 is 11.8 Å². The molecule has 3 aliphatic rings. The van der Waals surface area contributed by atoms with Crippen molar-refractivity contribution in [3.8, 4) is 0 Å². The predicted octanol–water partition coefficient (Wildman–Crippen LogP) is 2.70. The van der Waals surface area contributed by atoms with Gasteiger partial charge < -0.3 is 10.2 Å². The maximum absolute atomic E-state index is 13.4. The summed E-state index contributed by atoms with van der Waals surface area (Å²) >= 11 is 0. The van der Waals surface area contributed by atoms with Crippen molar-refractivity contribution in [2.24, 2.45) is 11.8 Å². The second-order valence-corrected chi connectivity index (χ2v) is 8.85. The van der Waals surface area contributed by atoms with E-state index in [0.29, 0.717) is 36.4 Å². The zero-order valence-electron chi connectivity index (χ0n) is 17.6. The Bertz CT molecular complexity index is 708. The Morgan fingerprint density at radius 3 is 2.83 bits per heavy atom. The number of hydrogen-bond donors (Lipinski definition) is 1. The van der Waals surface area contributed by atoms with Crippen LogP contribution in [-0.2, 0) is 4.79 Å². The molecule has 3 fully saturated rings. The van der Waals surface area contributed by atoms with Crippen molar-refractivity contribution < 1.29 is 9.59 Å². The van der Waals surface area contributed by atoms with Gasteiger partial charge in [-0.1, -0.05) is 0 Å². The van der Waals surface area contributed by atoms with E-state index in [9.17, 15) is 9.59 Å². The summed E-state index contributed by atoms with van der Waals surface area (Å²) in [6.07, 6.45) is 10.6. The van der Waals surface area contributed by atoms with E-state index < -0.39 is 0 Å². The van der Waals surface area contributed by atoms with E-state index in [1.54, 1.807) is 12.4 Å². The van der Waals surface area contributed by atoms with Crippen LogP contribution in [0.4, 0.5) is 0 Å². The highest BCUT2D eigenvalue weighted by molar-refractivity contribution is 5.94. The molecule has 2 amide bonds. The third-order valence-electron chi connectivity index (χ3n) is 7.12. The number of carbonyl (C=O) groups excluding carboxylic acids is 2. The fourth-order valence-corrected chi connectivity index (χ4v) is 6.01. The van der Waals surface area contributed by atoms with E-state index in [-0.39, 0.29) is 17.9 Å². The third kappa shape index (κ3) is 4.32. The van der Waals surface area contributed by atoms with Crippen LogP contribution >= 0.6 is 0 Å². The number of nitrogens with zero attached hydrogens (tertiary/aromatic N) is 3. The Morgan fingerprint density at radius 1 is 1.24 bits per heavy atom. The Hall–Kier alpha value is -1.95. The zero-order valence-corrected chi connectivity index (χ0v) is 17.6. The van der Waals surface area contributed by atoms with Crippen LogP contribution in [0.25, 0.3) is 0 Å². The van der Waals surface area contributed by atoms with Crippen LogP contribution in [0, 0.1) is 11.8 Å². The van der Waals surface area contributed by atoms with Gasteiger partial charge in [0.2, 0.25) is 5.91 Å². The highest BCUT2D eigenvalue weighted by Crippen LogP contribution is 2.43. The molecule has 6 nitrogen and oxygen atoms in total. The SMILES string of the molecule is CCNC(=O)CCC[C@@H]1[C@H]2CCCN3CCC[C@@H](CN1C(=O)c1cccnc1)[C@@H]23. The monoisotopic (exact) mass is 398 g/mol. The van der Waals surface area contributed by atoms with Crippen LogP contribution in [0.1, 0.15) is 62.2 Å². The van der Waals surface area contributed by atoms with Gasteiger partial charge >= 0.3 is 0 Å². The lowest BCUT2D eigenvalue weighted by Gasteiger charge is -2.57. The van der Waals surface area contributed by atoms with Crippen molar-refractivity contribution in [2.45, 2.75) is 64.0 Å². The molecule has 3 saturated heterocycles. The Labute approximate surface area is 174 Å². The van der Waals surface area contributed by atoms with Gasteiger partial charge in [-0.2, -0.15) is 0 Å². The number of hydrogen-bond acceptors (Lipinski definition) is 4. The summed E-state index contributed by atoms with van der Waals surface area (Å²) in [6.45, 7) is 5.89. The lowest BCUT2D eigenvalue weighted by atomic mass is 9.69. The molecule has 158 valence electrons. The van der Waals surface area contributed by atoms with E-state index in [0.717, 1.165) is 19.4 Å². The molecule has 4 rings (SSSR count). The molecule has 1 aromatic rings. The first-order chi connectivity index (χ1) is 14.2. The first-order valence-corrected chi connectivity index (χ1v) is 11.4. The molecule has 0 saturated carbocycles. The molecule has 0 unspecified atom stereocenters. The van der Waals surface area contributed by atoms with Gasteiger partial charge in [0.1, 0.15) is 0 Å². The lowest BCUT2D eigenvalue weighted by molar-refractivity contribution is -0.121. The largest absolute Gasteiger partial charge is 0.356 e. The minimum atomic E-state index is 0.113. The van der Waals surface area contributed by atoms with Crippen LogP contribution in [-0.4, -0.2) is 64.9 Å². The Morgan fingerprint density at radius 2 is 2.07 bits per heavy atom. The number of pyridine rings is 1. The molecule has 4 atom stereocenters. The molecular formula is C23H34N4O2. The maximum atomic E-state index is 13.4. The van der Waals surface area contributed by atoms with Gasteiger partial charge in [0, 0.05) is 44.0 Å². The van der Waals surface area contributed by atoms with E-state index in [1.165, 1.54) is 38.8 Å². The molecule has 0 aliphatic carbocycles. The number of nitrogens with one attached hydrogen (secondary N) is 1. The summed E-state index contributed by atoms with van der Waals surface area (Å²) < 4.78 is 0. The summed E-state index contributed by atoms with van der Waals surface area (Å²) in [4.78, 5) is 34.4. The quantitative estimate of drug-likeness (QED) is 0.800. The summed E-state index contributed by atoms with van der Waals surface area (Å²) in [5.74, 6) is 1.34.